The number of thiazole rings is 1. The molecule has 31 heavy (non-hydrogen) atoms. The monoisotopic (exact) mass is 445 g/mol. The highest BCUT2D eigenvalue weighted by Gasteiger charge is 2.25. The molecule has 1 aliphatic heterocycles. The number of nitrogens with zero attached hydrogens (tertiary/aromatic N) is 2. The van der Waals surface area contributed by atoms with E-state index in [1.165, 1.54) is 16.9 Å². The molecule has 0 saturated heterocycles. The normalized spacial score (nSPS) is 12.6. The fourth-order valence-electron chi connectivity index (χ4n) is 3.70. The quantitative estimate of drug-likeness (QED) is 0.442. The van der Waals surface area contributed by atoms with Crippen molar-refractivity contribution in [3.8, 4) is 9.88 Å². The van der Waals surface area contributed by atoms with Crippen molar-refractivity contribution in [2.75, 3.05) is 16.8 Å². The first-order chi connectivity index (χ1) is 15.1. The topological polar surface area (TPSA) is 62.3 Å². The van der Waals surface area contributed by atoms with Crippen LogP contribution in [0, 0.1) is 6.92 Å². The third kappa shape index (κ3) is 3.78. The lowest BCUT2D eigenvalue weighted by molar-refractivity contribution is 0.0988. The molecule has 2 aromatic carbocycles. The Bertz CT molecular complexity index is 1260. The number of amides is 2. The van der Waals surface area contributed by atoms with Crippen LogP contribution in [0.4, 0.5) is 11.4 Å². The number of aryl methyl sites for hydroxylation is 1. The van der Waals surface area contributed by atoms with Gasteiger partial charge in [-0.25, -0.2) is 4.98 Å². The predicted octanol–water partition coefficient (Wildman–Crippen LogP) is 5.64. The fourth-order valence-corrected chi connectivity index (χ4v) is 5.46. The van der Waals surface area contributed by atoms with Crippen molar-refractivity contribution in [3.63, 3.8) is 0 Å². The van der Waals surface area contributed by atoms with Gasteiger partial charge >= 0.3 is 0 Å². The van der Waals surface area contributed by atoms with E-state index in [-0.39, 0.29) is 11.8 Å². The molecule has 5 nitrogen and oxygen atoms in total. The fraction of sp³-hybridized carbons (Fsp3) is 0.125. The summed E-state index contributed by atoms with van der Waals surface area (Å²) in [5.41, 5.74) is 4.14. The van der Waals surface area contributed by atoms with Crippen LogP contribution in [0.15, 0.2) is 66.0 Å². The number of carbonyl (C=O) groups is 2. The number of benzene rings is 2. The van der Waals surface area contributed by atoms with Crippen LogP contribution in [0.3, 0.4) is 0 Å². The Hall–Kier alpha value is -3.29. The van der Waals surface area contributed by atoms with E-state index in [1.54, 1.807) is 35.6 Å². The number of aromatic nitrogens is 1. The van der Waals surface area contributed by atoms with E-state index in [0.29, 0.717) is 28.4 Å². The van der Waals surface area contributed by atoms with Gasteiger partial charge in [-0.05, 0) is 60.7 Å². The number of fused-ring (bicyclic) bond motifs is 1. The lowest BCUT2D eigenvalue weighted by Crippen LogP contribution is -2.28. The van der Waals surface area contributed by atoms with Crippen LogP contribution in [0.1, 0.15) is 31.3 Å². The molecule has 1 N–H and O–H groups in total. The summed E-state index contributed by atoms with van der Waals surface area (Å²) in [4.78, 5) is 33.7. The van der Waals surface area contributed by atoms with E-state index in [0.717, 1.165) is 22.0 Å². The van der Waals surface area contributed by atoms with E-state index in [2.05, 4.69) is 16.4 Å². The molecule has 0 aliphatic carbocycles. The average Bonchev–Trinajstić information content (AvgIpc) is 3.53. The van der Waals surface area contributed by atoms with E-state index in [1.807, 2.05) is 47.5 Å². The van der Waals surface area contributed by atoms with Crippen molar-refractivity contribution in [2.45, 2.75) is 13.3 Å². The number of nitrogens with one attached hydrogen (secondary N) is 1. The summed E-state index contributed by atoms with van der Waals surface area (Å²) in [5.74, 6) is -0.216. The summed E-state index contributed by atoms with van der Waals surface area (Å²) in [6.45, 7) is 2.53. The van der Waals surface area contributed by atoms with Crippen molar-refractivity contribution in [1.29, 1.82) is 0 Å². The molecule has 154 valence electrons. The minimum Gasteiger partial charge on any atom is -0.321 e. The molecule has 1 aliphatic rings. The van der Waals surface area contributed by atoms with Gasteiger partial charge in [0.2, 0.25) is 0 Å². The minimum absolute atomic E-state index is 0.0262. The molecule has 3 heterocycles. The maximum Gasteiger partial charge on any atom is 0.267 e. The molecule has 7 heteroatoms. The Labute approximate surface area is 188 Å². The molecule has 5 rings (SSSR count). The van der Waals surface area contributed by atoms with Gasteiger partial charge in [0.15, 0.2) is 0 Å². The Morgan fingerprint density at radius 1 is 1.03 bits per heavy atom. The molecule has 2 aromatic heterocycles. The first-order valence-corrected chi connectivity index (χ1v) is 11.6. The van der Waals surface area contributed by atoms with Crippen LogP contribution in [0.5, 0.6) is 0 Å². The summed E-state index contributed by atoms with van der Waals surface area (Å²) < 4.78 is 0. The Kier molecular flexibility index (Phi) is 5.13. The zero-order valence-corrected chi connectivity index (χ0v) is 18.4. The molecule has 4 aromatic rings. The predicted molar refractivity (Wildman–Crippen MR) is 126 cm³/mol. The molecular formula is C24H19N3O2S2. The summed E-state index contributed by atoms with van der Waals surface area (Å²) in [6, 6.07) is 19.0. The number of para-hydroxylation sites is 1. The van der Waals surface area contributed by atoms with Crippen LogP contribution in [0.2, 0.25) is 0 Å². The molecule has 0 bridgehead atoms. The SMILES string of the molecule is Cc1nc(-c2cccs2)sc1C(=O)Nc1ccc(C(=O)N2CCc3ccccc32)cc1. The van der Waals surface area contributed by atoms with Crippen molar-refractivity contribution >= 4 is 45.9 Å². The Morgan fingerprint density at radius 3 is 2.61 bits per heavy atom. The first kappa shape index (κ1) is 19.7. The zero-order chi connectivity index (χ0) is 21.4. The van der Waals surface area contributed by atoms with Gasteiger partial charge in [0.1, 0.15) is 9.88 Å². The molecule has 2 amide bonds. The van der Waals surface area contributed by atoms with E-state index >= 15 is 0 Å². The molecule has 0 radical (unpaired) electrons. The van der Waals surface area contributed by atoms with Crippen molar-refractivity contribution in [2.24, 2.45) is 0 Å². The molecule has 0 atom stereocenters. The summed E-state index contributed by atoms with van der Waals surface area (Å²) in [6.07, 6.45) is 0.873. The second-order valence-electron chi connectivity index (χ2n) is 7.28. The number of thiophene rings is 1. The average molecular weight is 446 g/mol. The highest BCUT2D eigenvalue weighted by Crippen LogP contribution is 2.32. The van der Waals surface area contributed by atoms with Crippen molar-refractivity contribution in [1.82, 2.24) is 4.98 Å². The molecule has 0 saturated carbocycles. The molecule has 0 unspecified atom stereocenters. The lowest BCUT2D eigenvalue weighted by Gasteiger charge is -2.17. The third-order valence-electron chi connectivity index (χ3n) is 5.26. The van der Waals surface area contributed by atoms with E-state index in [9.17, 15) is 9.59 Å². The smallest absolute Gasteiger partial charge is 0.267 e. The van der Waals surface area contributed by atoms with Crippen molar-refractivity contribution < 1.29 is 9.59 Å². The number of carbonyl (C=O) groups excluding carboxylic acids is 2. The molecular weight excluding hydrogens is 426 g/mol. The van der Waals surface area contributed by atoms with Gasteiger partial charge in [0.05, 0.1) is 10.6 Å². The molecule has 0 fully saturated rings. The van der Waals surface area contributed by atoms with E-state index < -0.39 is 0 Å². The van der Waals surface area contributed by atoms with Gasteiger partial charge in [-0.15, -0.1) is 22.7 Å². The summed E-state index contributed by atoms with van der Waals surface area (Å²) >= 11 is 2.99. The number of rotatable bonds is 4. The molecule has 0 spiro atoms. The largest absolute Gasteiger partial charge is 0.321 e. The maximum atomic E-state index is 13.0. The Morgan fingerprint density at radius 2 is 1.84 bits per heavy atom. The standard InChI is InChI=1S/C24H19N3O2S2/c1-15-21(31-23(25-15)20-7-4-14-30-20)22(28)26-18-10-8-17(9-11-18)24(29)27-13-12-16-5-2-3-6-19(16)27/h2-11,14H,12-13H2,1H3,(H,26,28). The van der Waals surface area contributed by atoms with E-state index in [4.69, 9.17) is 0 Å². The second-order valence-corrected chi connectivity index (χ2v) is 9.22. The minimum atomic E-state index is -0.189. The van der Waals surface area contributed by atoms with Gasteiger partial charge in [-0.2, -0.15) is 0 Å². The Balaban J connectivity index is 1.30. The highest BCUT2D eigenvalue weighted by atomic mass is 32.1. The lowest BCUT2D eigenvalue weighted by atomic mass is 10.1. The first-order valence-electron chi connectivity index (χ1n) is 9.92. The van der Waals surface area contributed by atoms with Gasteiger partial charge in [-0.3, -0.25) is 9.59 Å². The van der Waals surface area contributed by atoms with Gasteiger partial charge < -0.3 is 10.2 Å². The van der Waals surface area contributed by atoms with Gasteiger partial charge in [0.25, 0.3) is 11.8 Å². The van der Waals surface area contributed by atoms with Gasteiger partial charge in [0, 0.05) is 23.5 Å². The van der Waals surface area contributed by atoms with Gasteiger partial charge in [-0.1, -0.05) is 24.3 Å². The van der Waals surface area contributed by atoms with Crippen LogP contribution >= 0.6 is 22.7 Å². The number of anilines is 2. The maximum absolute atomic E-state index is 13.0. The van der Waals surface area contributed by atoms with Crippen LogP contribution in [-0.4, -0.2) is 23.3 Å². The summed E-state index contributed by atoms with van der Waals surface area (Å²) in [7, 11) is 0. The highest BCUT2D eigenvalue weighted by molar-refractivity contribution is 7.22. The second kappa shape index (κ2) is 8.09. The zero-order valence-electron chi connectivity index (χ0n) is 16.8. The number of hydrogen-bond donors (Lipinski definition) is 1. The van der Waals surface area contributed by atoms with Crippen LogP contribution in [-0.2, 0) is 6.42 Å². The van der Waals surface area contributed by atoms with Crippen molar-refractivity contribution in [3.05, 3.63) is 87.7 Å². The summed E-state index contributed by atoms with van der Waals surface area (Å²) in [5, 5.41) is 5.77. The van der Waals surface area contributed by atoms with Crippen LogP contribution in [0.25, 0.3) is 9.88 Å². The van der Waals surface area contributed by atoms with Crippen LogP contribution < -0.4 is 10.2 Å². The number of hydrogen-bond acceptors (Lipinski definition) is 5. The third-order valence-corrected chi connectivity index (χ3v) is 7.45.